The van der Waals surface area contributed by atoms with Gasteiger partial charge < -0.3 is 10.0 Å². The fraction of sp³-hybridized carbons (Fsp3) is 0.643. The van der Waals surface area contributed by atoms with Gasteiger partial charge in [-0.3, -0.25) is 9.59 Å². The largest absolute Gasteiger partial charge is 0.481 e. The molecule has 1 amide bonds. The van der Waals surface area contributed by atoms with Gasteiger partial charge in [0.15, 0.2) is 0 Å². The molecule has 0 bridgehead atoms. The summed E-state index contributed by atoms with van der Waals surface area (Å²) in [7, 11) is 0. The van der Waals surface area contributed by atoms with Crippen LogP contribution in [0.1, 0.15) is 30.0 Å². The van der Waals surface area contributed by atoms with Crippen LogP contribution in [0.2, 0.25) is 0 Å². The lowest BCUT2D eigenvalue weighted by Gasteiger charge is -2.30. The van der Waals surface area contributed by atoms with Gasteiger partial charge in [-0.05, 0) is 19.8 Å². The van der Waals surface area contributed by atoms with E-state index in [1.165, 1.54) is 0 Å². The van der Waals surface area contributed by atoms with Gasteiger partial charge in [0.1, 0.15) is 0 Å². The minimum absolute atomic E-state index is 0.140. The van der Waals surface area contributed by atoms with Gasteiger partial charge in [-0.25, -0.2) is 4.98 Å². The van der Waals surface area contributed by atoms with Crippen molar-refractivity contribution in [3.05, 3.63) is 16.1 Å². The number of carboxylic acids is 1. The van der Waals surface area contributed by atoms with Crippen LogP contribution in [-0.4, -0.2) is 45.7 Å². The Hall–Kier alpha value is -1.08. The second-order valence-electron chi connectivity index (χ2n) is 5.15. The number of aryl methyl sites for hydroxylation is 1. The van der Waals surface area contributed by atoms with Crippen LogP contribution in [0.15, 0.2) is 5.38 Å². The molecule has 2 heterocycles. The van der Waals surface area contributed by atoms with Gasteiger partial charge in [0, 0.05) is 36.4 Å². The van der Waals surface area contributed by atoms with Crippen LogP contribution in [0.3, 0.4) is 0 Å². The number of aliphatic carboxylic acids is 1. The fourth-order valence-corrected chi connectivity index (χ4v) is 3.88. The Morgan fingerprint density at radius 2 is 2.19 bits per heavy atom. The Balaban J connectivity index is 1.63. The maximum atomic E-state index is 12.0. The van der Waals surface area contributed by atoms with Crippen molar-refractivity contribution in [2.45, 2.75) is 31.9 Å². The lowest BCUT2D eigenvalue weighted by atomic mass is 9.97. The van der Waals surface area contributed by atoms with Crippen LogP contribution in [0, 0.1) is 12.8 Å². The van der Waals surface area contributed by atoms with E-state index in [1.807, 2.05) is 6.92 Å². The van der Waals surface area contributed by atoms with Crippen molar-refractivity contribution < 1.29 is 14.7 Å². The predicted octanol–water partition coefficient (Wildman–Crippen LogP) is 2.40. The van der Waals surface area contributed by atoms with Gasteiger partial charge >= 0.3 is 5.97 Å². The normalized spacial score (nSPS) is 16.1. The summed E-state index contributed by atoms with van der Waals surface area (Å²) in [6, 6.07) is 0. The highest BCUT2D eigenvalue weighted by Gasteiger charge is 2.26. The Morgan fingerprint density at radius 1 is 1.48 bits per heavy atom. The zero-order chi connectivity index (χ0) is 15.2. The fourth-order valence-electron chi connectivity index (χ4n) is 2.34. The minimum Gasteiger partial charge on any atom is -0.481 e. The molecule has 0 radical (unpaired) electrons. The summed E-state index contributed by atoms with van der Waals surface area (Å²) < 4.78 is 0. The third-order valence-corrected chi connectivity index (χ3v) is 5.39. The lowest BCUT2D eigenvalue weighted by molar-refractivity contribution is -0.145. The number of carbonyl (C=O) groups is 2. The smallest absolute Gasteiger partial charge is 0.306 e. The molecule has 1 aliphatic heterocycles. The summed E-state index contributed by atoms with van der Waals surface area (Å²) in [6.07, 6.45) is 1.67. The zero-order valence-electron chi connectivity index (χ0n) is 12.1. The topological polar surface area (TPSA) is 70.5 Å². The van der Waals surface area contributed by atoms with Gasteiger partial charge in [-0.15, -0.1) is 11.3 Å². The molecule has 1 aliphatic rings. The first-order chi connectivity index (χ1) is 10.1. The summed E-state index contributed by atoms with van der Waals surface area (Å²) in [6.45, 7) is 3.14. The van der Waals surface area contributed by atoms with Crippen molar-refractivity contribution in [3.63, 3.8) is 0 Å². The number of hydrogen-bond donors (Lipinski definition) is 1. The first-order valence-electron chi connectivity index (χ1n) is 7.05. The summed E-state index contributed by atoms with van der Waals surface area (Å²) in [5.74, 6) is 0.751. The molecule has 0 saturated carbocycles. The second-order valence-corrected chi connectivity index (χ2v) is 7.32. The van der Waals surface area contributed by atoms with E-state index >= 15 is 0 Å². The van der Waals surface area contributed by atoms with Gasteiger partial charge in [-0.2, -0.15) is 11.8 Å². The highest BCUT2D eigenvalue weighted by atomic mass is 32.2. The summed E-state index contributed by atoms with van der Waals surface area (Å²) in [5, 5.41) is 12.1. The van der Waals surface area contributed by atoms with Crippen molar-refractivity contribution in [1.82, 2.24) is 9.88 Å². The quantitative estimate of drug-likeness (QED) is 0.812. The summed E-state index contributed by atoms with van der Waals surface area (Å²) >= 11 is 3.37. The number of thiazole rings is 1. The van der Waals surface area contributed by atoms with Crippen molar-refractivity contribution >= 4 is 35.0 Å². The number of thioether (sulfide) groups is 1. The molecule has 0 unspecified atom stereocenters. The van der Waals surface area contributed by atoms with Crippen LogP contribution in [0.25, 0.3) is 0 Å². The Bertz CT molecular complexity index is 496. The van der Waals surface area contributed by atoms with E-state index in [0.29, 0.717) is 32.4 Å². The number of piperidine rings is 1. The summed E-state index contributed by atoms with van der Waals surface area (Å²) in [4.78, 5) is 29.1. The van der Waals surface area contributed by atoms with Crippen LogP contribution in [0.5, 0.6) is 0 Å². The second kappa shape index (κ2) is 7.79. The first-order valence-corrected chi connectivity index (χ1v) is 9.09. The molecule has 0 atom stereocenters. The molecule has 1 aromatic rings. The maximum absolute atomic E-state index is 12.0. The minimum atomic E-state index is -0.740. The molecule has 1 N–H and O–H groups in total. The van der Waals surface area contributed by atoms with E-state index in [2.05, 4.69) is 10.4 Å². The number of aromatic nitrogens is 1. The maximum Gasteiger partial charge on any atom is 0.306 e. The van der Waals surface area contributed by atoms with Gasteiger partial charge in [0.25, 0.3) is 0 Å². The summed E-state index contributed by atoms with van der Waals surface area (Å²) in [5.41, 5.74) is 1.08. The average molecular weight is 328 g/mol. The molecule has 0 aromatic carbocycles. The van der Waals surface area contributed by atoms with E-state index in [0.717, 1.165) is 22.2 Å². The SMILES string of the molecule is Cc1nc(CSCCC(=O)N2CCC(C(=O)O)CC2)cs1. The van der Waals surface area contributed by atoms with Crippen LogP contribution in [0.4, 0.5) is 0 Å². The number of amides is 1. The number of nitrogens with zero attached hydrogens (tertiary/aromatic N) is 2. The van der Waals surface area contributed by atoms with Crippen LogP contribution >= 0.6 is 23.1 Å². The highest BCUT2D eigenvalue weighted by Crippen LogP contribution is 2.19. The molecule has 7 heteroatoms. The number of carbonyl (C=O) groups excluding carboxylic acids is 1. The van der Waals surface area contributed by atoms with Crippen LogP contribution < -0.4 is 0 Å². The molecule has 1 saturated heterocycles. The standard InChI is InChI=1S/C14H20N2O3S2/c1-10-15-12(9-21-10)8-20-7-4-13(17)16-5-2-11(3-6-16)14(18)19/h9,11H,2-8H2,1H3,(H,18,19). The predicted molar refractivity (Wildman–Crippen MR) is 84.6 cm³/mol. The van der Waals surface area contributed by atoms with Crippen molar-refractivity contribution in [3.8, 4) is 0 Å². The van der Waals surface area contributed by atoms with E-state index in [1.54, 1.807) is 28.0 Å². The number of carboxylic acid groups (broad SMARTS) is 1. The molecular formula is C14H20N2O3S2. The van der Waals surface area contributed by atoms with E-state index in [9.17, 15) is 9.59 Å². The van der Waals surface area contributed by atoms with Gasteiger partial charge in [-0.1, -0.05) is 0 Å². The lowest BCUT2D eigenvalue weighted by Crippen LogP contribution is -2.40. The van der Waals surface area contributed by atoms with E-state index in [4.69, 9.17) is 5.11 Å². The molecule has 1 fully saturated rings. The molecule has 116 valence electrons. The zero-order valence-corrected chi connectivity index (χ0v) is 13.7. The van der Waals surface area contributed by atoms with Gasteiger partial charge in [0.2, 0.25) is 5.91 Å². The number of likely N-dealkylation sites (tertiary alicyclic amines) is 1. The average Bonchev–Trinajstić information content (AvgIpc) is 2.89. The number of rotatable bonds is 6. The molecule has 0 spiro atoms. The Kier molecular flexibility index (Phi) is 6.05. The third kappa shape index (κ3) is 5.00. The number of hydrogen-bond acceptors (Lipinski definition) is 5. The molecular weight excluding hydrogens is 308 g/mol. The highest BCUT2D eigenvalue weighted by molar-refractivity contribution is 7.98. The molecule has 1 aromatic heterocycles. The molecule has 2 rings (SSSR count). The van der Waals surface area contributed by atoms with Gasteiger partial charge in [0.05, 0.1) is 16.6 Å². The van der Waals surface area contributed by atoms with E-state index in [-0.39, 0.29) is 11.8 Å². The molecule has 21 heavy (non-hydrogen) atoms. The van der Waals surface area contributed by atoms with Crippen LogP contribution in [-0.2, 0) is 15.3 Å². The monoisotopic (exact) mass is 328 g/mol. The first kappa shape index (κ1) is 16.3. The van der Waals surface area contributed by atoms with Crippen molar-refractivity contribution in [2.75, 3.05) is 18.8 Å². The molecule has 0 aliphatic carbocycles. The van der Waals surface area contributed by atoms with E-state index < -0.39 is 5.97 Å². The Morgan fingerprint density at radius 3 is 2.76 bits per heavy atom. The van der Waals surface area contributed by atoms with Crippen molar-refractivity contribution in [1.29, 1.82) is 0 Å². The third-order valence-electron chi connectivity index (χ3n) is 3.57. The van der Waals surface area contributed by atoms with Crippen molar-refractivity contribution in [2.24, 2.45) is 5.92 Å². The molecule has 5 nitrogen and oxygen atoms in total. The Labute approximate surface area is 132 Å².